The number of rotatable bonds is 5. The van der Waals surface area contributed by atoms with Gasteiger partial charge in [-0.3, -0.25) is 5.32 Å². The van der Waals surface area contributed by atoms with Gasteiger partial charge in [0.15, 0.2) is 0 Å². The van der Waals surface area contributed by atoms with Crippen LogP contribution in [-0.2, 0) is 16.1 Å². The molecule has 1 unspecified atom stereocenters. The average molecular weight is 261 g/mol. The molecular weight excluding hydrogens is 246 g/mol. The second-order valence-electron chi connectivity index (χ2n) is 3.88. The number of ether oxygens (including phenoxy) is 1. The van der Waals surface area contributed by atoms with Crippen molar-refractivity contribution in [2.24, 2.45) is 0 Å². The molecule has 0 amide bonds. The number of thiophene rings is 1. The molecule has 0 radical (unpaired) electrons. The van der Waals surface area contributed by atoms with Gasteiger partial charge in [0, 0.05) is 6.54 Å². The van der Waals surface area contributed by atoms with Crippen LogP contribution in [0.5, 0.6) is 0 Å². The fourth-order valence-electron chi connectivity index (χ4n) is 1.71. The zero-order valence-corrected chi connectivity index (χ0v) is 10.9. The Balaban J connectivity index is 2.09. The molecule has 0 aliphatic carbocycles. The summed E-state index contributed by atoms with van der Waals surface area (Å²) in [5.74, 6) is -0.267. The average Bonchev–Trinajstić information content (AvgIpc) is 2.93. The van der Waals surface area contributed by atoms with E-state index in [0.29, 0.717) is 6.54 Å². The smallest absolute Gasteiger partial charge is 0.327 e. The minimum Gasteiger partial charge on any atom is -0.468 e. The van der Waals surface area contributed by atoms with Gasteiger partial charge < -0.3 is 4.74 Å². The third kappa shape index (κ3) is 3.18. The van der Waals surface area contributed by atoms with Gasteiger partial charge in [0.05, 0.1) is 7.11 Å². The van der Waals surface area contributed by atoms with Crippen LogP contribution in [0.15, 0.2) is 47.2 Å². The molecule has 3 nitrogen and oxygen atoms in total. The minimum atomic E-state index is -0.420. The number of carbonyl (C=O) groups excluding carboxylic acids is 1. The summed E-state index contributed by atoms with van der Waals surface area (Å²) in [6.07, 6.45) is 0. The zero-order chi connectivity index (χ0) is 12.8. The molecule has 1 atom stereocenters. The van der Waals surface area contributed by atoms with E-state index in [0.717, 1.165) is 5.56 Å². The maximum absolute atomic E-state index is 11.8. The number of methoxy groups -OCH3 is 1. The molecule has 0 saturated carbocycles. The van der Waals surface area contributed by atoms with Gasteiger partial charge in [-0.2, -0.15) is 11.3 Å². The lowest BCUT2D eigenvalue weighted by atomic mass is 10.1. The molecule has 0 fully saturated rings. The molecule has 4 heteroatoms. The molecule has 1 aromatic heterocycles. The SMILES string of the molecule is COC(=O)C(NCc1ccsc1)c1ccccc1. The van der Waals surface area contributed by atoms with Crippen LogP contribution in [-0.4, -0.2) is 13.1 Å². The van der Waals surface area contributed by atoms with E-state index in [1.807, 2.05) is 41.8 Å². The molecule has 0 aliphatic rings. The van der Waals surface area contributed by atoms with Crippen molar-refractivity contribution < 1.29 is 9.53 Å². The van der Waals surface area contributed by atoms with E-state index in [2.05, 4.69) is 10.7 Å². The van der Waals surface area contributed by atoms with Crippen LogP contribution in [0.4, 0.5) is 0 Å². The van der Waals surface area contributed by atoms with Crippen molar-refractivity contribution in [1.29, 1.82) is 0 Å². The third-order valence-corrected chi connectivity index (χ3v) is 3.39. The molecule has 2 aromatic rings. The van der Waals surface area contributed by atoms with Crippen LogP contribution in [0.25, 0.3) is 0 Å². The lowest BCUT2D eigenvalue weighted by molar-refractivity contribution is -0.143. The van der Waals surface area contributed by atoms with Crippen molar-refractivity contribution in [1.82, 2.24) is 5.32 Å². The van der Waals surface area contributed by atoms with Gasteiger partial charge in [0.2, 0.25) is 0 Å². The largest absolute Gasteiger partial charge is 0.468 e. The highest BCUT2D eigenvalue weighted by Crippen LogP contribution is 2.15. The van der Waals surface area contributed by atoms with Crippen LogP contribution in [0.2, 0.25) is 0 Å². The monoisotopic (exact) mass is 261 g/mol. The molecule has 0 aliphatic heterocycles. The first kappa shape index (κ1) is 12.8. The Morgan fingerprint density at radius 3 is 2.72 bits per heavy atom. The normalized spacial score (nSPS) is 12.1. The number of hydrogen-bond acceptors (Lipinski definition) is 4. The lowest BCUT2D eigenvalue weighted by Crippen LogP contribution is -2.29. The van der Waals surface area contributed by atoms with Crippen LogP contribution < -0.4 is 5.32 Å². The Hall–Kier alpha value is -1.65. The number of carbonyl (C=O) groups is 1. The number of hydrogen-bond donors (Lipinski definition) is 1. The number of nitrogens with one attached hydrogen (secondary N) is 1. The van der Waals surface area contributed by atoms with E-state index in [-0.39, 0.29) is 5.97 Å². The van der Waals surface area contributed by atoms with E-state index < -0.39 is 6.04 Å². The molecule has 1 aromatic carbocycles. The van der Waals surface area contributed by atoms with Crippen molar-refractivity contribution in [2.75, 3.05) is 7.11 Å². The predicted octanol–water partition coefficient (Wildman–Crippen LogP) is 2.75. The highest BCUT2D eigenvalue weighted by Gasteiger charge is 2.20. The van der Waals surface area contributed by atoms with Gasteiger partial charge in [-0.15, -0.1) is 0 Å². The Morgan fingerprint density at radius 1 is 1.33 bits per heavy atom. The summed E-state index contributed by atoms with van der Waals surface area (Å²) in [7, 11) is 1.41. The first-order valence-electron chi connectivity index (χ1n) is 5.68. The van der Waals surface area contributed by atoms with Crippen LogP contribution >= 0.6 is 11.3 Å². The van der Waals surface area contributed by atoms with Crippen molar-refractivity contribution in [3.63, 3.8) is 0 Å². The van der Waals surface area contributed by atoms with Crippen LogP contribution in [0.3, 0.4) is 0 Å². The van der Waals surface area contributed by atoms with E-state index in [1.54, 1.807) is 11.3 Å². The molecule has 18 heavy (non-hydrogen) atoms. The standard InChI is InChI=1S/C14H15NO2S/c1-17-14(16)13(12-5-3-2-4-6-12)15-9-11-7-8-18-10-11/h2-8,10,13,15H,9H2,1H3. The highest BCUT2D eigenvalue weighted by molar-refractivity contribution is 7.07. The lowest BCUT2D eigenvalue weighted by Gasteiger charge is -2.16. The summed E-state index contributed by atoms with van der Waals surface area (Å²) in [5, 5.41) is 7.30. The Labute approximate surface area is 110 Å². The van der Waals surface area contributed by atoms with Crippen LogP contribution in [0.1, 0.15) is 17.2 Å². The summed E-state index contributed by atoms with van der Waals surface area (Å²) >= 11 is 1.65. The number of benzene rings is 1. The molecule has 1 heterocycles. The zero-order valence-electron chi connectivity index (χ0n) is 10.1. The summed E-state index contributed by atoms with van der Waals surface area (Å²) < 4.78 is 4.84. The van der Waals surface area contributed by atoms with Gasteiger partial charge >= 0.3 is 5.97 Å². The third-order valence-electron chi connectivity index (χ3n) is 2.66. The molecule has 0 spiro atoms. The van der Waals surface area contributed by atoms with Crippen molar-refractivity contribution in [3.8, 4) is 0 Å². The fourth-order valence-corrected chi connectivity index (χ4v) is 2.38. The highest BCUT2D eigenvalue weighted by atomic mass is 32.1. The summed E-state index contributed by atoms with van der Waals surface area (Å²) in [6, 6.07) is 11.2. The van der Waals surface area contributed by atoms with Gasteiger partial charge in [0.25, 0.3) is 0 Å². The maximum Gasteiger partial charge on any atom is 0.327 e. The summed E-state index contributed by atoms with van der Waals surface area (Å²) in [4.78, 5) is 11.8. The molecule has 1 N–H and O–H groups in total. The second kappa shape index (κ2) is 6.33. The van der Waals surface area contributed by atoms with E-state index >= 15 is 0 Å². The molecule has 94 valence electrons. The first-order valence-corrected chi connectivity index (χ1v) is 6.63. The Bertz CT molecular complexity index is 482. The van der Waals surface area contributed by atoms with Gasteiger partial charge in [-0.05, 0) is 28.0 Å². The van der Waals surface area contributed by atoms with Gasteiger partial charge in [-0.25, -0.2) is 4.79 Å². The van der Waals surface area contributed by atoms with E-state index in [4.69, 9.17) is 4.74 Å². The maximum atomic E-state index is 11.8. The molecular formula is C14H15NO2S. The van der Waals surface area contributed by atoms with Gasteiger partial charge in [0.1, 0.15) is 6.04 Å². The van der Waals surface area contributed by atoms with Gasteiger partial charge in [-0.1, -0.05) is 30.3 Å². The fraction of sp³-hybridized carbons (Fsp3) is 0.214. The Morgan fingerprint density at radius 2 is 2.11 bits per heavy atom. The van der Waals surface area contributed by atoms with E-state index in [1.165, 1.54) is 12.7 Å². The Kier molecular flexibility index (Phi) is 4.50. The summed E-state index contributed by atoms with van der Waals surface area (Å²) in [5.41, 5.74) is 2.09. The molecule has 2 rings (SSSR count). The van der Waals surface area contributed by atoms with Crippen molar-refractivity contribution >= 4 is 17.3 Å². The molecule has 0 saturated heterocycles. The van der Waals surface area contributed by atoms with Crippen molar-refractivity contribution in [3.05, 3.63) is 58.3 Å². The van der Waals surface area contributed by atoms with Crippen LogP contribution in [0, 0.1) is 0 Å². The van der Waals surface area contributed by atoms with E-state index in [9.17, 15) is 4.79 Å². The summed E-state index contributed by atoms with van der Waals surface area (Å²) in [6.45, 7) is 0.651. The predicted molar refractivity (Wildman–Crippen MR) is 72.4 cm³/mol. The minimum absolute atomic E-state index is 0.267. The quantitative estimate of drug-likeness (QED) is 0.841. The topological polar surface area (TPSA) is 38.3 Å². The first-order chi connectivity index (χ1) is 8.81. The molecule has 0 bridgehead atoms. The second-order valence-corrected chi connectivity index (χ2v) is 4.66. The van der Waals surface area contributed by atoms with Crippen molar-refractivity contribution in [2.45, 2.75) is 12.6 Å². The number of esters is 1.